The Morgan fingerprint density at radius 3 is 1.72 bits per heavy atom. The molecular formula is C18H23F6N3O5. The van der Waals surface area contributed by atoms with Crippen molar-refractivity contribution < 1.29 is 50.9 Å². The molecule has 32 heavy (non-hydrogen) atoms. The van der Waals surface area contributed by atoms with Crippen LogP contribution in [0.4, 0.5) is 26.3 Å². The standard InChI is InChI=1S/C14H21N3O.2C2HF3O2/c18-14(12-4-2-1-3-5-12)17-11-10-16-13-6-8-15-9-7-13;2*3-2(4,5)1(6)7/h1-5,13,15-16H,6-11H2,(H,17,18);2*(H,6,7). The summed E-state index contributed by atoms with van der Waals surface area (Å²) in [6.07, 6.45) is -7.82. The van der Waals surface area contributed by atoms with Gasteiger partial charge in [0, 0.05) is 24.7 Å². The predicted molar refractivity (Wildman–Crippen MR) is 100 cm³/mol. The number of amides is 1. The molecule has 1 aliphatic heterocycles. The van der Waals surface area contributed by atoms with Crippen LogP contribution >= 0.6 is 0 Å². The molecular weight excluding hydrogens is 452 g/mol. The van der Waals surface area contributed by atoms with Crippen molar-refractivity contribution in [2.24, 2.45) is 0 Å². The average Bonchev–Trinajstić information content (AvgIpc) is 2.72. The molecule has 0 radical (unpaired) electrons. The molecule has 0 atom stereocenters. The fraction of sp³-hybridized carbons (Fsp3) is 0.500. The van der Waals surface area contributed by atoms with Crippen molar-refractivity contribution >= 4 is 17.8 Å². The largest absolute Gasteiger partial charge is 0.490 e. The lowest BCUT2D eigenvalue weighted by atomic mass is 10.1. The van der Waals surface area contributed by atoms with Crippen molar-refractivity contribution in [1.29, 1.82) is 0 Å². The van der Waals surface area contributed by atoms with E-state index in [-0.39, 0.29) is 5.91 Å². The van der Waals surface area contributed by atoms with Gasteiger partial charge in [0.1, 0.15) is 0 Å². The highest BCUT2D eigenvalue weighted by Crippen LogP contribution is 2.13. The molecule has 1 amide bonds. The lowest BCUT2D eigenvalue weighted by molar-refractivity contribution is -0.193. The highest BCUT2D eigenvalue weighted by Gasteiger charge is 2.38. The van der Waals surface area contributed by atoms with Gasteiger partial charge in [-0.2, -0.15) is 26.3 Å². The van der Waals surface area contributed by atoms with Crippen LogP contribution in [0.5, 0.6) is 0 Å². The maximum absolute atomic E-state index is 11.7. The first kappa shape index (κ1) is 29.1. The van der Waals surface area contributed by atoms with Gasteiger partial charge in [0.05, 0.1) is 0 Å². The van der Waals surface area contributed by atoms with E-state index in [1.165, 1.54) is 12.8 Å². The average molecular weight is 475 g/mol. The third kappa shape index (κ3) is 14.2. The second-order valence-electron chi connectivity index (χ2n) is 6.21. The molecule has 182 valence electrons. The summed E-state index contributed by atoms with van der Waals surface area (Å²) < 4.78 is 63.5. The molecule has 0 aliphatic carbocycles. The molecule has 1 aromatic carbocycles. The Balaban J connectivity index is 0.000000570. The minimum Gasteiger partial charge on any atom is -0.475 e. The van der Waals surface area contributed by atoms with E-state index in [0.717, 1.165) is 25.2 Å². The van der Waals surface area contributed by atoms with Gasteiger partial charge in [-0.25, -0.2) is 9.59 Å². The minimum atomic E-state index is -5.08. The molecule has 0 bridgehead atoms. The van der Waals surface area contributed by atoms with Crippen LogP contribution in [0.25, 0.3) is 0 Å². The minimum absolute atomic E-state index is 0.00251. The van der Waals surface area contributed by atoms with Crippen LogP contribution < -0.4 is 16.0 Å². The Bertz CT molecular complexity index is 683. The number of rotatable bonds is 5. The highest BCUT2D eigenvalue weighted by molar-refractivity contribution is 5.94. The molecule has 8 nitrogen and oxygen atoms in total. The summed E-state index contributed by atoms with van der Waals surface area (Å²) in [5.74, 6) is -5.51. The summed E-state index contributed by atoms with van der Waals surface area (Å²) in [5, 5.41) is 24.0. The van der Waals surface area contributed by atoms with Crippen LogP contribution in [0.15, 0.2) is 30.3 Å². The van der Waals surface area contributed by atoms with Gasteiger partial charge in [0.15, 0.2) is 0 Å². The Hall–Kier alpha value is -2.87. The molecule has 0 aromatic heterocycles. The zero-order chi connectivity index (χ0) is 24.8. The normalized spacial score (nSPS) is 14.2. The van der Waals surface area contributed by atoms with Crippen LogP contribution in [0.3, 0.4) is 0 Å². The van der Waals surface area contributed by atoms with Gasteiger partial charge in [0.25, 0.3) is 5.91 Å². The fourth-order valence-electron chi connectivity index (χ4n) is 2.17. The monoisotopic (exact) mass is 475 g/mol. The number of hydrogen-bond acceptors (Lipinski definition) is 5. The fourth-order valence-corrected chi connectivity index (χ4v) is 2.17. The quantitative estimate of drug-likeness (QED) is 0.326. The summed E-state index contributed by atoms with van der Waals surface area (Å²) in [5.41, 5.74) is 0.722. The van der Waals surface area contributed by atoms with Gasteiger partial charge in [-0.15, -0.1) is 0 Å². The number of carbonyl (C=O) groups is 3. The molecule has 14 heteroatoms. The van der Waals surface area contributed by atoms with Crippen molar-refractivity contribution in [3.05, 3.63) is 35.9 Å². The molecule has 0 saturated carbocycles. The van der Waals surface area contributed by atoms with E-state index in [1.54, 1.807) is 0 Å². The molecule has 1 aromatic rings. The summed E-state index contributed by atoms with van der Waals surface area (Å²) in [6.45, 7) is 3.70. The molecule has 1 fully saturated rings. The molecule has 1 heterocycles. The number of carbonyl (C=O) groups excluding carboxylic acids is 1. The highest BCUT2D eigenvalue weighted by atomic mass is 19.4. The second-order valence-corrected chi connectivity index (χ2v) is 6.21. The number of carboxylic acids is 2. The number of hydrogen-bond donors (Lipinski definition) is 5. The van der Waals surface area contributed by atoms with Crippen LogP contribution in [-0.4, -0.2) is 72.6 Å². The molecule has 2 rings (SSSR count). The Morgan fingerprint density at radius 2 is 1.31 bits per heavy atom. The Labute approximate surface area is 179 Å². The van der Waals surface area contributed by atoms with E-state index < -0.39 is 24.3 Å². The van der Waals surface area contributed by atoms with Crippen molar-refractivity contribution in [1.82, 2.24) is 16.0 Å². The number of carboxylic acid groups (broad SMARTS) is 2. The van der Waals surface area contributed by atoms with Crippen LogP contribution in [0.2, 0.25) is 0 Å². The van der Waals surface area contributed by atoms with Crippen molar-refractivity contribution in [3.63, 3.8) is 0 Å². The number of piperidine rings is 1. The van der Waals surface area contributed by atoms with Crippen LogP contribution in [-0.2, 0) is 9.59 Å². The van der Waals surface area contributed by atoms with E-state index in [0.29, 0.717) is 12.6 Å². The number of aliphatic carboxylic acids is 2. The van der Waals surface area contributed by atoms with Gasteiger partial charge in [-0.3, -0.25) is 4.79 Å². The summed E-state index contributed by atoms with van der Waals surface area (Å²) >= 11 is 0. The van der Waals surface area contributed by atoms with E-state index in [1.807, 2.05) is 30.3 Å². The zero-order valence-electron chi connectivity index (χ0n) is 16.6. The van der Waals surface area contributed by atoms with Crippen LogP contribution in [0, 0.1) is 0 Å². The van der Waals surface area contributed by atoms with Gasteiger partial charge >= 0.3 is 24.3 Å². The van der Waals surface area contributed by atoms with Gasteiger partial charge in [0.2, 0.25) is 0 Å². The zero-order valence-corrected chi connectivity index (χ0v) is 16.6. The maximum Gasteiger partial charge on any atom is 0.490 e. The Morgan fingerprint density at radius 1 is 0.875 bits per heavy atom. The number of nitrogens with one attached hydrogen (secondary N) is 3. The molecule has 5 N–H and O–H groups in total. The smallest absolute Gasteiger partial charge is 0.475 e. The predicted octanol–water partition coefficient (Wildman–Crippen LogP) is 2.02. The van der Waals surface area contributed by atoms with Gasteiger partial charge in [-0.05, 0) is 38.1 Å². The number of halogens is 6. The van der Waals surface area contributed by atoms with E-state index in [2.05, 4.69) is 16.0 Å². The SMILES string of the molecule is O=C(NCCNC1CCNCC1)c1ccccc1.O=C(O)C(F)(F)F.O=C(O)C(F)(F)F. The third-order valence-corrected chi connectivity index (χ3v) is 3.70. The molecule has 1 aliphatic rings. The van der Waals surface area contributed by atoms with Crippen LogP contribution in [0.1, 0.15) is 23.2 Å². The second kappa shape index (κ2) is 14.2. The van der Waals surface area contributed by atoms with Crippen molar-refractivity contribution in [2.75, 3.05) is 26.2 Å². The van der Waals surface area contributed by atoms with E-state index >= 15 is 0 Å². The van der Waals surface area contributed by atoms with Gasteiger partial charge < -0.3 is 26.2 Å². The number of alkyl halides is 6. The van der Waals surface area contributed by atoms with Crippen molar-refractivity contribution in [3.8, 4) is 0 Å². The van der Waals surface area contributed by atoms with E-state index in [9.17, 15) is 31.1 Å². The number of benzene rings is 1. The first-order chi connectivity index (χ1) is 14.7. The molecule has 0 unspecified atom stereocenters. The molecule has 0 spiro atoms. The summed E-state index contributed by atoms with van der Waals surface area (Å²) in [4.78, 5) is 29.5. The van der Waals surface area contributed by atoms with Crippen molar-refractivity contribution in [2.45, 2.75) is 31.2 Å². The first-order valence-electron chi connectivity index (χ1n) is 9.12. The van der Waals surface area contributed by atoms with Gasteiger partial charge in [-0.1, -0.05) is 18.2 Å². The lowest BCUT2D eigenvalue weighted by Gasteiger charge is -2.23. The molecule has 1 saturated heterocycles. The van der Waals surface area contributed by atoms with E-state index in [4.69, 9.17) is 19.8 Å². The topological polar surface area (TPSA) is 128 Å². The summed E-state index contributed by atoms with van der Waals surface area (Å²) in [6, 6.07) is 9.92. The summed E-state index contributed by atoms with van der Waals surface area (Å²) in [7, 11) is 0. The lowest BCUT2D eigenvalue weighted by Crippen LogP contribution is -2.42. The Kier molecular flexibility index (Phi) is 13.0. The third-order valence-electron chi connectivity index (χ3n) is 3.70. The maximum atomic E-state index is 11.7. The first-order valence-corrected chi connectivity index (χ1v) is 9.12.